The van der Waals surface area contributed by atoms with Gasteiger partial charge in [-0.3, -0.25) is 14.9 Å². The SMILES string of the molecule is Cc1cccc(-c2cccc3[nH]c(-c4n[nH]c5ccc(-c6cncc(NC(=O)CC(C)(C)C)c6)nc45)nc23)c1. The number of H-pyrrole nitrogens is 2. The maximum atomic E-state index is 12.4. The van der Waals surface area contributed by atoms with Crippen LogP contribution < -0.4 is 5.32 Å². The van der Waals surface area contributed by atoms with E-state index in [9.17, 15) is 4.79 Å². The molecule has 0 aliphatic rings. The molecule has 3 N–H and O–H groups in total. The lowest BCUT2D eigenvalue weighted by atomic mass is 9.92. The topological polar surface area (TPSA) is 112 Å². The number of aromatic amines is 2. The van der Waals surface area contributed by atoms with E-state index in [1.165, 1.54) is 5.56 Å². The van der Waals surface area contributed by atoms with Crippen molar-refractivity contribution in [3.8, 4) is 33.9 Å². The van der Waals surface area contributed by atoms with Crippen LogP contribution in [0.25, 0.3) is 56.0 Å². The summed E-state index contributed by atoms with van der Waals surface area (Å²) in [4.78, 5) is 30.1. The highest BCUT2D eigenvalue weighted by atomic mass is 16.1. The van der Waals surface area contributed by atoms with Gasteiger partial charge >= 0.3 is 0 Å². The maximum absolute atomic E-state index is 12.4. The zero-order chi connectivity index (χ0) is 27.1. The largest absolute Gasteiger partial charge is 0.336 e. The summed E-state index contributed by atoms with van der Waals surface area (Å²) in [7, 11) is 0. The maximum Gasteiger partial charge on any atom is 0.224 e. The van der Waals surface area contributed by atoms with E-state index in [4.69, 9.17) is 9.97 Å². The molecule has 6 aromatic rings. The van der Waals surface area contributed by atoms with Gasteiger partial charge in [0.2, 0.25) is 5.91 Å². The number of nitrogens with zero attached hydrogens (tertiary/aromatic N) is 4. The highest BCUT2D eigenvalue weighted by Crippen LogP contribution is 2.32. The van der Waals surface area contributed by atoms with E-state index < -0.39 is 0 Å². The van der Waals surface area contributed by atoms with Crippen LogP contribution in [0.15, 0.2) is 73.1 Å². The molecule has 0 spiro atoms. The van der Waals surface area contributed by atoms with Gasteiger partial charge in [0.05, 0.1) is 34.1 Å². The van der Waals surface area contributed by atoms with E-state index in [-0.39, 0.29) is 11.3 Å². The Bertz CT molecular complexity index is 1840. The Morgan fingerprint density at radius 1 is 0.897 bits per heavy atom. The van der Waals surface area contributed by atoms with Gasteiger partial charge in [0.1, 0.15) is 5.52 Å². The quantitative estimate of drug-likeness (QED) is 0.231. The van der Waals surface area contributed by atoms with Crippen LogP contribution in [0.5, 0.6) is 0 Å². The number of hydrogen-bond acceptors (Lipinski definition) is 5. The summed E-state index contributed by atoms with van der Waals surface area (Å²) in [6.07, 6.45) is 3.80. The summed E-state index contributed by atoms with van der Waals surface area (Å²) in [5.74, 6) is 0.597. The van der Waals surface area contributed by atoms with E-state index in [2.05, 4.69) is 62.7 Å². The summed E-state index contributed by atoms with van der Waals surface area (Å²) in [6.45, 7) is 8.20. The van der Waals surface area contributed by atoms with Crippen molar-refractivity contribution in [1.82, 2.24) is 30.1 Å². The molecule has 8 nitrogen and oxygen atoms in total. The number of imidazole rings is 1. The zero-order valence-electron chi connectivity index (χ0n) is 22.3. The molecule has 0 bridgehead atoms. The smallest absolute Gasteiger partial charge is 0.224 e. The summed E-state index contributed by atoms with van der Waals surface area (Å²) in [6, 6.07) is 20.3. The van der Waals surface area contributed by atoms with Crippen molar-refractivity contribution >= 4 is 33.7 Å². The third-order valence-corrected chi connectivity index (χ3v) is 6.48. The van der Waals surface area contributed by atoms with Gasteiger partial charge in [-0.15, -0.1) is 0 Å². The molecule has 0 atom stereocenters. The number of fused-ring (bicyclic) bond motifs is 2. The first kappa shape index (κ1) is 24.5. The van der Waals surface area contributed by atoms with Crippen molar-refractivity contribution in [2.45, 2.75) is 34.1 Å². The summed E-state index contributed by atoms with van der Waals surface area (Å²) in [5.41, 5.74) is 9.38. The fourth-order valence-electron chi connectivity index (χ4n) is 4.75. The summed E-state index contributed by atoms with van der Waals surface area (Å²) < 4.78 is 0. The van der Waals surface area contributed by atoms with Crippen molar-refractivity contribution in [3.63, 3.8) is 0 Å². The molecule has 4 heterocycles. The lowest BCUT2D eigenvalue weighted by molar-refractivity contribution is -0.117. The molecule has 0 saturated carbocycles. The van der Waals surface area contributed by atoms with Gasteiger partial charge in [-0.2, -0.15) is 5.10 Å². The van der Waals surface area contributed by atoms with Gasteiger partial charge in [0, 0.05) is 23.7 Å². The van der Waals surface area contributed by atoms with Gasteiger partial charge in [0.25, 0.3) is 0 Å². The number of amides is 1. The number of hydrogen-bond donors (Lipinski definition) is 3. The number of aromatic nitrogens is 6. The van der Waals surface area contributed by atoms with Crippen molar-refractivity contribution in [3.05, 3.63) is 78.6 Å². The molecule has 0 unspecified atom stereocenters. The molecule has 0 saturated heterocycles. The van der Waals surface area contributed by atoms with Gasteiger partial charge in [0.15, 0.2) is 11.5 Å². The number of anilines is 1. The predicted molar refractivity (Wildman–Crippen MR) is 155 cm³/mol. The normalized spacial score (nSPS) is 11.8. The van der Waals surface area contributed by atoms with Crippen LogP contribution in [-0.4, -0.2) is 36.0 Å². The number of benzene rings is 2. The number of nitrogens with one attached hydrogen (secondary N) is 3. The lowest BCUT2D eigenvalue weighted by Crippen LogP contribution is -2.19. The molecule has 4 aromatic heterocycles. The van der Waals surface area contributed by atoms with Crippen LogP contribution in [0.2, 0.25) is 0 Å². The second-order valence-corrected chi connectivity index (χ2v) is 11.1. The average Bonchev–Trinajstić information content (AvgIpc) is 3.51. The van der Waals surface area contributed by atoms with Crippen molar-refractivity contribution in [2.75, 3.05) is 5.32 Å². The van der Waals surface area contributed by atoms with Crippen molar-refractivity contribution in [1.29, 1.82) is 0 Å². The zero-order valence-corrected chi connectivity index (χ0v) is 22.3. The van der Waals surface area contributed by atoms with Crippen LogP contribution >= 0.6 is 0 Å². The van der Waals surface area contributed by atoms with Crippen molar-refractivity contribution < 1.29 is 4.79 Å². The molecule has 6 rings (SSSR count). The van der Waals surface area contributed by atoms with Crippen molar-refractivity contribution in [2.24, 2.45) is 5.41 Å². The predicted octanol–water partition coefficient (Wildman–Crippen LogP) is 6.91. The number of rotatable bonds is 5. The van der Waals surface area contributed by atoms with Gasteiger partial charge in [-0.25, -0.2) is 9.97 Å². The van der Waals surface area contributed by atoms with Gasteiger partial charge in [-0.1, -0.05) is 62.7 Å². The van der Waals surface area contributed by atoms with Crippen LogP contribution in [0, 0.1) is 12.3 Å². The summed E-state index contributed by atoms with van der Waals surface area (Å²) >= 11 is 0. The van der Waals surface area contributed by atoms with E-state index in [0.29, 0.717) is 29.1 Å². The minimum atomic E-state index is -0.100. The Kier molecular flexibility index (Phi) is 5.95. The van der Waals surface area contributed by atoms with Gasteiger partial charge in [-0.05, 0) is 42.2 Å². The Hall–Kier alpha value is -4.85. The molecule has 0 aliphatic carbocycles. The third kappa shape index (κ3) is 5.01. The van der Waals surface area contributed by atoms with Gasteiger partial charge < -0.3 is 10.3 Å². The van der Waals surface area contributed by atoms with Crippen LogP contribution in [-0.2, 0) is 4.79 Å². The first-order valence-electron chi connectivity index (χ1n) is 12.9. The molecular weight excluding hydrogens is 486 g/mol. The molecule has 0 aliphatic heterocycles. The average molecular weight is 516 g/mol. The molecule has 194 valence electrons. The Morgan fingerprint density at radius 3 is 2.56 bits per heavy atom. The molecule has 2 aromatic carbocycles. The van der Waals surface area contributed by atoms with E-state index in [1.807, 2.05) is 51.1 Å². The van der Waals surface area contributed by atoms with Crippen LogP contribution in [0.1, 0.15) is 32.8 Å². The van der Waals surface area contributed by atoms with E-state index >= 15 is 0 Å². The highest BCUT2D eigenvalue weighted by Gasteiger charge is 2.18. The molecule has 1 amide bonds. The Morgan fingerprint density at radius 2 is 1.74 bits per heavy atom. The molecular formula is C31H29N7O. The van der Waals surface area contributed by atoms with E-state index in [1.54, 1.807) is 12.4 Å². The summed E-state index contributed by atoms with van der Waals surface area (Å²) in [5, 5.41) is 10.6. The minimum absolute atomic E-state index is 0.0445. The number of aryl methyl sites for hydroxylation is 1. The number of para-hydroxylation sites is 1. The number of carbonyl (C=O) groups is 1. The second kappa shape index (κ2) is 9.47. The first-order chi connectivity index (χ1) is 18.7. The highest BCUT2D eigenvalue weighted by molar-refractivity contribution is 5.96. The minimum Gasteiger partial charge on any atom is -0.336 e. The number of carbonyl (C=O) groups excluding carboxylic acids is 1. The first-order valence-corrected chi connectivity index (χ1v) is 12.9. The standard InChI is InChI=1S/C31H29N7O/c1-18-7-5-8-19(13-18)22-9-6-10-24-27(22)36-30(35-24)29-28-25(37-38-29)12-11-23(34-28)20-14-21(17-32-16-20)33-26(39)15-31(2,3)4/h5-14,16-17H,15H2,1-4H3,(H,33,39)(H,35,36)(H,37,38). The lowest BCUT2D eigenvalue weighted by Gasteiger charge is -2.17. The van der Waals surface area contributed by atoms with Crippen LogP contribution in [0.3, 0.4) is 0 Å². The van der Waals surface area contributed by atoms with E-state index in [0.717, 1.165) is 38.9 Å². The third-order valence-electron chi connectivity index (χ3n) is 6.48. The number of pyridine rings is 2. The van der Waals surface area contributed by atoms with Crippen LogP contribution in [0.4, 0.5) is 5.69 Å². The molecule has 0 radical (unpaired) electrons. The monoisotopic (exact) mass is 515 g/mol. The Labute approximate surface area is 225 Å². The fourth-order valence-corrected chi connectivity index (χ4v) is 4.75. The second-order valence-electron chi connectivity index (χ2n) is 11.1. The molecule has 8 heteroatoms. The molecule has 0 fully saturated rings. The molecule has 39 heavy (non-hydrogen) atoms. The Balaban J connectivity index is 1.37. The fraction of sp³-hybridized carbons (Fsp3) is 0.194.